The van der Waals surface area contributed by atoms with E-state index in [0.717, 1.165) is 12.1 Å². The molecule has 2 aromatic carbocycles. The van der Waals surface area contributed by atoms with Gasteiger partial charge >= 0.3 is 0 Å². The fraction of sp³-hybridized carbons (Fsp3) is 0.167. The smallest absolute Gasteiger partial charge is 0.0705 e. The topological polar surface area (TPSA) is 24.9 Å². The van der Waals surface area contributed by atoms with Gasteiger partial charge in [-0.15, -0.1) is 0 Å². The van der Waals surface area contributed by atoms with Gasteiger partial charge in [-0.2, -0.15) is 0 Å². The molecule has 0 radical (unpaired) electrons. The maximum atomic E-state index is 4.45. The van der Waals surface area contributed by atoms with Crippen molar-refractivity contribution in [2.24, 2.45) is 0 Å². The van der Waals surface area contributed by atoms with Gasteiger partial charge in [0.05, 0.1) is 11.6 Å². The van der Waals surface area contributed by atoms with Gasteiger partial charge in [0, 0.05) is 11.6 Å². The summed E-state index contributed by atoms with van der Waals surface area (Å²) < 4.78 is 0. The highest BCUT2D eigenvalue weighted by molar-refractivity contribution is 5.82. The molecule has 3 rings (SSSR count). The highest BCUT2D eigenvalue weighted by atomic mass is 14.9. The average Bonchev–Trinajstić information content (AvgIpc) is 2.53. The number of nitrogens with zero attached hydrogens (tertiary/aromatic N) is 1. The maximum Gasteiger partial charge on any atom is 0.0705 e. The lowest BCUT2D eigenvalue weighted by atomic mass is 9.95. The number of pyridine rings is 1. The van der Waals surface area contributed by atoms with Crippen molar-refractivity contribution in [2.45, 2.75) is 13.0 Å². The molecule has 0 aliphatic carbocycles. The zero-order valence-corrected chi connectivity index (χ0v) is 11.6. The largest absolute Gasteiger partial charge is 0.307 e. The van der Waals surface area contributed by atoms with Crippen LogP contribution in [0.1, 0.15) is 24.1 Å². The van der Waals surface area contributed by atoms with Crippen LogP contribution in [-0.4, -0.2) is 11.5 Å². The minimum absolute atomic E-state index is 0.203. The first-order valence-corrected chi connectivity index (χ1v) is 7.02. The second-order valence-corrected chi connectivity index (χ2v) is 4.82. The lowest BCUT2D eigenvalue weighted by Crippen LogP contribution is -2.22. The number of aromatic nitrogens is 1. The number of nitrogens with one attached hydrogen (secondary N) is 1. The van der Waals surface area contributed by atoms with Crippen molar-refractivity contribution in [3.63, 3.8) is 0 Å². The molecule has 0 saturated carbocycles. The Balaban J connectivity index is 2.15. The van der Waals surface area contributed by atoms with Crippen LogP contribution in [0.4, 0.5) is 0 Å². The fourth-order valence-electron chi connectivity index (χ4n) is 2.64. The number of rotatable bonds is 4. The van der Waals surface area contributed by atoms with E-state index in [1.807, 2.05) is 12.3 Å². The highest BCUT2D eigenvalue weighted by Gasteiger charge is 2.15. The van der Waals surface area contributed by atoms with Gasteiger partial charge in [0.1, 0.15) is 0 Å². The van der Waals surface area contributed by atoms with Gasteiger partial charge in [0.25, 0.3) is 0 Å². The third-order valence-corrected chi connectivity index (χ3v) is 3.53. The maximum absolute atomic E-state index is 4.45. The lowest BCUT2D eigenvalue weighted by molar-refractivity contribution is 0.634. The van der Waals surface area contributed by atoms with Crippen LogP contribution in [0.5, 0.6) is 0 Å². The predicted octanol–water partition coefficient (Wildman–Crippen LogP) is 3.93. The Labute approximate surface area is 119 Å². The van der Waals surface area contributed by atoms with Crippen LogP contribution in [0.25, 0.3) is 10.9 Å². The molecule has 1 unspecified atom stereocenters. The van der Waals surface area contributed by atoms with Gasteiger partial charge in [0.2, 0.25) is 0 Å². The van der Waals surface area contributed by atoms with Crippen LogP contribution in [0.3, 0.4) is 0 Å². The van der Waals surface area contributed by atoms with E-state index in [1.54, 1.807) is 0 Å². The minimum atomic E-state index is 0.203. The van der Waals surface area contributed by atoms with Gasteiger partial charge in [0.15, 0.2) is 0 Å². The van der Waals surface area contributed by atoms with Crippen molar-refractivity contribution in [3.8, 4) is 0 Å². The summed E-state index contributed by atoms with van der Waals surface area (Å²) in [6, 6.07) is 21.2. The first-order chi connectivity index (χ1) is 9.90. The van der Waals surface area contributed by atoms with E-state index in [0.29, 0.717) is 0 Å². The predicted molar refractivity (Wildman–Crippen MR) is 83.7 cm³/mol. The Morgan fingerprint density at radius 2 is 1.80 bits per heavy atom. The SMILES string of the molecule is CCNC(c1ccccc1)c1cccc2ncccc12. The molecule has 0 bridgehead atoms. The van der Waals surface area contributed by atoms with Crippen molar-refractivity contribution in [1.82, 2.24) is 10.3 Å². The summed E-state index contributed by atoms with van der Waals surface area (Å²) in [7, 11) is 0. The van der Waals surface area contributed by atoms with Crippen molar-refractivity contribution in [3.05, 3.63) is 78.0 Å². The van der Waals surface area contributed by atoms with Crippen molar-refractivity contribution >= 4 is 10.9 Å². The van der Waals surface area contributed by atoms with E-state index in [1.165, 1.54) is 16.5 Å². The number of hydrogen-bond acceptors (Lipinski definition) is 2. The van der Waals surface area contributed by atoms with Crippen LogP contribution in [0.2, 0.25) is 0 Å². The molecule has 3 aromatic rings. The average molecular weight is 262 g/mol. The van der Waals surface area contributed by atoms with E-state index in [4.69, 9.17) is 0 Å². The first-order valence-electron chi connectivity index (χ1n) is 7.02. The Kier molecular flexibility index (Phi) is 3.75. The third kappa shape index (κ3) is 2.43. The molecule has 100 valence electrons. The summed E-state index contributed by atoms with van der Waals surface area (Å²) in [6.45, 7) is 3.07. The second-order valence-electron chi connectivity index (χ2n) is 4.82. The summed E-state index contributed by atoms with van der Waals surface area (Å²) in [5.41, 5.74) is 3.61. The van der Waals surface area contributed by atoms with Crippen molar-refractivity contribution < 1.29 is 0 Å². The van der Waals surface area contributed by atoms with Crippen molar-refractivity contribution in [2.75, 3.05) is 6.54 Å². The Hall–Kier alpha value is -2.19. The molecule has 1 heterocycles. The molecule has 0 aliphatic heterocycles. The molecule has 0 saturated heterocycles. The Bertz CT molecular complexity index is 687. The molecular weight excluding hydrogens is 244 g/mol. The van der Waals surface area contributed by atoms with Crippen LogP contribution in [0, 0.1) is 0 Å². The molecule has 1 N–H and O–H groups in total. The van der Waals surface area contributed by atoms with E-state index in [-0.39, 0.29) is 6.04 Å². The summed E-state index contributed by atoms with van der Waals surface area (Å²) in [5, 5.41) is 4.79. The van der Waals surface area contributed by atoms with Crippen LogP contribution in [0.15, 0.2) is 66.9 Å². The fourth-order valence-corrected chi connectivity index (χ4v) is 2.64. The zero-order chi connectivity index (χ0) is 13.8. The molecule has 0 aliphatic rings. The molecular formula is C18H18N2. The zero-order valence-electron chi connectivity index (χ0n) is 11.6. The van der Waals surface area contributed by atoms with E-state index < -0.39 is 0 Å². The Morgan fingerprint density at radius 3 is 2.60 bits per heavy atom. The minimum Gasteiger partial charge on any atom is -0.307 e. The number of fused-ring (bicyclic) bond motifs is 1. The first kappa shape index (κ1) is 12.8. The van der Waals surface area contributed by atoms with Gasteiger partial charge in [-0.3, -0.25) is 4.98 Å². The summed E-state index contributed by atoms with van der Waals surface area (Å²) in [6.07, 6.45) is 1.84. The van der Waals surface area contributed by atoms with Crippen LogP contribution >= 0.6 is 0 Å². The molecule has 0 fully saturated rings. The number of benzene rings is 2. The molecule has 0 spiro atoms. The summed E-state index contributed by atoms with van der Waals surface area (Å²) in [5.74, 6) is 0. The van der Waals surface area contributed by atoms with Gasteiger partial charge < -0.3 is 5.32 Å². The lowest BCUT2D eigenvalue weighted by Gasteiger charge is -2.20. The molecule has 2 heteroatoms. The molecule has 20 heavy (non-hydrogen) atoms. The van der Waals surface area contributed by atoms with Gasteiger partial charge in [-0.25, -0.2) is 0 Å². The summed E-state index contributed by atoms with van der Waals surface area (Å²) in [4.78, 5) is 4.45. The standard InChI is InChI=1S/C18H18N2/c1-2-19-18(14-8-4-3-5-9-14)16-10-6-12-17-15(16)11-7-13-20-17/h3-13,18-19H,2H2,1H3. The monoisotopic (exact) mass is 262 g/mol. The quantitative estimate of drug-likeness (QED) is 0.770. The Morgan fingerprint density at radius 1 is 0.950 bits per heavy atom. The van der Waals surface area contributed by atoms with Crippen LogP contribution < -0.4 is 5.32 Å². The number of hydrogen-bond donors (Lipinski definition) is 1. The van der Waals surface area contributed by atoms with Crippen molar-refractivity contribution in [1.29, 1.82) is 0 Å². The van der Waals surface area contributed by atoms with Gasteiger partial charge in [-0.1, -0.05) is 55.5 Å². The summed E-state index contributed by atoms with van der Waals surface area (Å²) >= 11 is 0. The van der Waals surface area contributed by atoms with E-state index in [2.05, 4.69) is 71.8 Å². The van der Waals surface area contributed by atoms with E-state index >= 15 is 0 Å². The second kappa shape index (κ2) is 5.85. The van der Waals surface area contributed by atoms with Gasteiger partial charge in [-0.05, 0) is 29.8 Å². The molecule has 0 amide bonds. The molecule has 2 nitrogen and oxygen atoms in total. The normalized spacial score (nSPS) is 12.4. The molecule has 1 aromatic heterocycles. The van der Waals surface area contributed by atoms with E-state index in [9.17, 15) is 0 Å². The van der Waals surface area contributed by atoms with Crippen LogP contribution in [-0.2, 0) is 0 Å². The molecule has 1 atom stereocenters. The third-order valence-electron chi connectivity index (χ3n) is 3.53. The highest BCUT2D eigenvalue weighted by Crippen LogP contribution is 2.27.